The number of anilines is 1. The van der Waals surface area contributed by atoms with E-state index in [9.17, 15) is 9.59 Å². The number of carbonyl (C=O) groups is 2. The molecular weight excluding hydrogens is 390 g/mol. The van der Waals surface area contributed by atoms with Gasteiger partial charge >= 0.3 is 0 Å². The molecule has 4 rings (SSSR count). The molecule has 1 fully saturated rings. The lowest BCUT2D eigenvalue weighted by atomic mass is 9.69. The highest BCUT2D eigenvalue weighted by molar-refractivity contribution is 6.13. The van der Waals surface area contributed by atoms with Crippen LogP contribution in [0.4, 0.5) is 5.82 Å². The van der Waals surface area contributed by atoms with Gasteiger partial charge in [-0.3, -0.25) is 14.6 Å². The number of benzene rings is 1. The Kier molecular flexibility index (Phi) is 5.98. The molecule has 6 nitrogen and oxygen atoms in total. The molecule has 2 heterocycles. The van der Waals surface area contributed by atoms with Crippen LogP contribution in [0.5, 0.6) is 5.75 Å². The third kappa shape index (κ3) is 4.29. The maximum atomic E-state index is 13.4. The van der Waals surface area contributed by atoms with Gasteiger partial charge in [0, 0.05) is 35.0 Å². The van der Waals surface area contributed by atoms with Crippen LogP contribution in [0.3, 0.4) is 0 Å². The topological polar surface area (TPSA) is 80.7 Å². The monoisotopic (exact) mass is 417 g/mol. The molecule has 31 heavy (non-hydrogen) atoms. The summed E-state index contributed by atoms with van der Waals surface area (Å²) in [6.07, 6.45) is 2.12. The fraction of sp³-hybridized carbons (Fsp3) is 0.360. The van der Waals surface area contributed by atoms with E-state index < -0.39 is 5.92 Å². The van der Waals surface area contributed by atoms with Crippen molar-refractivity contribution in [1.29, 1.82) is 0 Å². The van der Waals surface area contributed by atoms with Gasteiger partial charge in [-0.05, 0) is 63.4 Å². The average molecular weight is 418 g/mol. The Morgan fingerprint density at radius 2 is 1.87 bits per heavy atom. The van der Waals surface area contributed by atoms with E-state index in [0.29, 0.717) is 30.1 Å². The van der Waals surface area contributed by atoms with E-state index in [2.05, 4.69) is 10.3 Å². The lowest BCUT2D eigenvalue weighted by Crippen LogP contribution is -2.39. The molecule has 0 saturated heterocycles. The summed E-state index contributed by atoms with van der Waals surface area (Å²) in [6, 6.07) is 13.2. The molecule has 1 unspecified atom stereocenters. The maximum absolute atomic E-state index is 13.4. The summed E-state index contributed by atoms with van der Waals surface area (Å²) >= 11 is 0. The summed E-state index contributed by atoms with van der Waals surface area (Å²) in [5.74, 6) is 0.357. The zero-order valence-electron chi connectivity index (χ0n) is 18.1. The number of amides is 1. The summed E-state index contributed by atoms with van der Waals surface area (Å²) in [5.41, 5.74) is 3.80. The van der Waals surface area contributed by atoms with E-state index in [0.717, 1.165) is 35.6 Å². The number of carbonyl (C=O) groups excluding carboxylic acids is 2. The number of hydrogen-bond acceptors (Lipinski definition) is 5. The number of ketones is 1. The van der Waals surface area contributed by atoms with Crippen molar-refractivity contribution in [3.05, 3.63) is 65.0 Å². The first-order valence-electron chi connectivity index (χ1n) is 10.8. The number of pyridine rings is 1. The van der Waals surface area contributed by atoms with Crippen molar-refractivity contribution in [1.82, 2.24) is 4.98 Å². The van der Waals surface area contributed by atoms with E-state index in [-0.39, 0.29) is 17.6 Å². The Balaban J connectivity index is 1.76. The van der Waals surface area contributed by atoms with E-state index in [1.807, 2.05) is 57.2 Å². The Morgan fingerprint density at radius 3 is 2.58 bits per heavy atom. The molecule has 6 heteroatoms. The first-order chi connectivity index (χ1) is 15.0. The Bertz CT molecular complexity index is 1070. The molecule has 160 valence electrons. The number of Topliss-reactive ketones (excluding diaryl/α,β-unsaturated/α-hetero) is 1. The summed E-state index contributed by atoms with van der Waals surface area (Å²) in [7, 11) is 0. The van der Waals surface area contributed by atoms with Gasteiger partial charge in [0.25, 0.3) is 5.91 Å². The number of aryl methyl sites for hydroxylation is 1. The SMILES string of the molecule is CCOc1ccc([C@@H]2C(C(=O)Nc3cccc(C)n3)=C(C)N=C3CCCC(=O)C32)cc1. The van der Waals surface area contributed by atoms with Crippen molar-refractivity contribution >= 4 is 23.2 Å². The fourth-order valence-electron chi connectivity index (χ4n) is 4.51. The zero-order chi connectivity index (χ0) is 22.0. The van der Waals surface area contributed by atoms with Crippen molar-refractivity contribution in [2.75, 3.05) is 11.9 Å². The van der Waals surface area contributed by atoms with Crippen molar-refractivity contribution in [2.45, 2.75) is 46.0 Å². The number of ether oxygens (including phenoxy) is 1. The van der Waals surface area contributed by atoms with Crippen LogP contribution in [0.1, 0.15) is 50.3 Å². The molecule has 0 bridgehead atoms. The van der Waals surface area contributed by atoms with E-state index in [1.54, 1.807) is 6.07 Å². The summed E-state index contributed by atoms with van der Waals surface area (Å²) in [6.45, 7) is 6.24. The van der Waals surface area contributed by atoms with Gasteiger partial charge in [0.15, 0.2) is 0 Å². The molecule has 2 aromatic rings. The highest BCUT2D eigenvalue weighted by Gasteiger charge is 2.43. The van der Waals surface area contributed by atoms with E-state index >= 15 is 0 Å². The van der Waals surface area contributed by atoms with Crippen LogP contribution in [0, 0.1) is 12.8 Å². The number of aromatic nitrogens is 1. The van der Waals surface area contributed by atoms with Crippen LogP contribution in [0.15, 0.2) is 58.7 Å². The second-order valence-electron chi connectivity index (χ2n) is 8.00. The molecule has 0 spiro atoms. The second-order valence-corrected chi connectivity index (χ2v) is 8.00. The van der Waals surface area contributed by atoms with Gasteiger partial charge in [-0.15, -0.1) is 0 Å². The van der Waals surface area contributed by atoms with Crippen molar-refractivity contribution in [3.63, 3.8) is 0 Å². The maximum Gasteiger partial charge on any atom is 0.255 e. The van der Waals surface area contributed by atoms with Crippen LogP contribution in [-0.4, -0.2) is 29.0 Å². The Morgan fingerprint density at radius 1 is 1.10 bits per heavy atom. The van der Waals surface area contributed by atoms with E-state index in [4.69, 9.17) is 9.73 Å². The first kappa shape index (κ1) is 21.0. The van der Waals surface area contributed by atoms with Gasteiger partial charge in [0.1, 0.15) is 17.4 Å². The van der Waals surface area contributed by atoms with Crippen LogP contribution < -0.4 is 10.1 Å². The molecule has 0 radical (unpaired) electrons. The predicted molar refractivity (Wildman–Crippen MR) is 120 cm³/mol. The van der Waals surface area contributed by atoms with Crippen molar-refractivity contribution in [2.24, 2.45) is 10.9 Å². The molecule has 1 saturated carbocycles. The third-order valence-electron chi connectivity index (χ3n) is 5.83. The molecule has 2 atom stereocenters. The second kappa shape index (κ2) is 8.84. The van der Waals surface area contributed by atoms with Gasteiger partial charge in [-0.2, -0.15) is 0 Å². The molecule has 1 N–H and O–H groups in total. The molecule has 1 aliphatic heterocycles. The highest BCUT2D eigenvalue weighted by atomic mass is 16.5. The molecule has 1 aromatic heterocycles. The average Bonchev–Trinajstić information content (AvgIpc) is 2.74. The van der Waals surface area contributed by atoms with Gasteiger partial charge in [0.05, 0.1) is 12.5 Å². The molecule has 1 amide bonds. The van der Waals surface area contributed by atoms with Crippen LogP contribution in [0.25, 0.3) is 0 Å². The minimum atomic E-state index is -0.401. The fourth-order valence-corrected chi connectivity index (χ4v) is 4.51. The van der Waals surface area contributed by atoms with Crippen molar-refractivity contribution in [3.8, 4) is 5.75 Å². The van der Waals surface area contributed by atoms with Gasteiger partial charge < -0.3 is 10.1 Å². The number of hydrogen-bond donors (Lipinski definition) is 1. The Labute approximate surface area is 182 Å². The normalized spacial score (nSPS) is 20.7. The first-order valence-corrected chi connectivity index (χ1v) is 10.8. The number of nitrogens with zero attached hydrogens (tertiary/aromatic N) is 2. The minimum Gasteiger partial charge on any atom is -0.494 e. The molecule has 1 aromatic carbocycles. The van der Waals surface area contributed by atoms with E-state index in [1.165, 1.54) is 0 Å². The number of allylic oxidation sites excluding steroid dienone is 1. The number of fused-ring (bicyclic) bond motifs is 1. The molecule has 1 aliphatic carbocycles. The standard InChI is InChI=1S/C25H27N3O3/c1-4-31-18-13-11-17(12-14-18)23-22(25(30)28-21-10-5-7-15(2)26-21)16(3)27-19-8-6-9-20(29)24(19)23/h5,7,10-14,23-24H,4,6,8-9H2,1-3H3,(H,26,28,30)/t23-,24?/m1/s1. The quantitative estimate of drug-likeness (QED) is 0.770. The number of rotatable bonds is 5. The third-order valence-corrected chi connectivity index (χ3v) is 5.83. The minimum absolute atomic E-state index is 0.148. The summed E-state index contributed by atoms with van der Waals surface area (Å²) in [5, 5.41) is 2.91. The molecule has 2 aliphatic rings. The summed E-state index contributed by atoms with van der Waals surface area (Å²) in [4.78, 5) is 35.5. The van der Waals surface area contributed by atoms with Crippen LogP contribution in [-0.2, 0) is 9.59 Å². The molecular formula is C25H27N3O3. The number of aliphatic imine (C=N–C) groups is 1. The number of nitrogens with one attached hydrogen (secondary N) is 1. The van der Waals surface area contributed by atoms with Crippen LogP contribution >= 0.6 is 0 Å². The Hall–Kier alpha value is -3.28. The lowest BCUT2D eigenvalue weighted by Gasteiger charge is -2.36. The smallest absolute Gasteiger partial charge is 0.255 e. The zero-order valence-corrected chi connectivity index (χ0v) is 18.1. The lowest BCUT2D eigenvalue weighted by molar-refractivity contribution is -0.122. The predicted octanol–water partition coefficient (Wildman–Crippen LogP) is 4.61. The van der Waals surface area contributed by atoms with Gasteiger partial charge in [-0.1, -0.05) is 18.2 Å². The summed E-state index contributed by atoms with van der Waals surface area (Å²) < 4.78 is 5.57. The van der Waals surface area contributed by atoms with Gasteiger partial charge in [-0.25, -0.2) is 4.98 Å². The van der Waals surface area contributed by atoms with Gasteiger partial charge in [0.2, 0.25) is 0 Å². The van der Waals surface area contributed by atoms with Crippen molar-refractivity contribution < 1.29 is 14.3 Å². The highest BCUT2D eigenvalue weighted by Crippen LogP contribution is 2.43. The van der Waals surface area contributed by atoms with Crippen LogP contribution in [0.2, 0.25) is 0 Å². The largest absolute Gasteiger partial charge is 0.494 e.